The van der Waals surface area contributed by atoms with E-state index in [1.807, 2.05) is 48.5 Å². The van der Waals surface area contributed by atoms with Gasteiger partial charge in [-0.2, -0.15) is 0 Å². The summed E-state index contributed by atoms with van der Waals surface area (Å²) in [7, 11) is 0. The molecular formula is C31H35N3O. The largest absolute Gasteiger partial charge is 0.344 e. The summed E-state index contributed by atoms with van der Waals surface area (Å²) in [6.07, 6.45) is 3.01. The van der Waals surface area contributed by atoms with E-state index in [1.165, 1.54) is 5.56 Å². The number of aromatic amines is 1. The summed E-state index contributed by atoms with van der Waals surface area (Å²) < 4.78 is 0. The number of imidazole rings is 1. The molecule has 3 aromatic carbocycles. The van der Waals surface area contributed by atoms with Gasteiger partial charge in [-0.25, -0.2) is 4.98 Å². The molecule has 1 atom stereocenters. The Balaban J connectivity index is 1.72. The first-order chi connectivity index (χ1) is 16.9. The van der Waals surface area contributed by atoms with E-state index in [-0.39, 0.29) is 17.4 Å². The monoisotopic (exact) mass is 465 g/mol. The summed E-state index contributed by atoms with van der Waals surface area (Å²) in [5.41, 5.74) is 5.45. The van der Waals surface area contributed by atoms with Crippen LogP contribution in [0.1, 0.15) is 74.6 Å². The third-order valence-electron chi connectivity index (χ3n) is 6.36. The molecule has 0 aliphatic rings. The zero-order valence-corrected chi connectivity index (χ0v) is 21.1. The Morgan fingerprint density at radius 1 is 0.886 bits per heavy atom. The first-order valence-electron chi connectivity index (χ1n) is 12.5. The number of carbonyl (C=O) groups excluding carboxylic acids is 1. The van der Waals surface area contributed by atoms with Gasteiger partial charge in [0.05, 0.1) is 6.04 Å². The van der Waals surface area contributed by atoms with Crippen molar-refractivity contribution in [3.8, 4) is 22.6 Å². The van der Waals surface area contributed by atoms with Crippen LogP contribution in [0, 0.1) is 0 Å². The van der Waals surface area contributed by atoms with Crippen molar-refractivity contribution in [3.63, 3.8) is 0 Å². The third-order valence-corrected chi connectivity index (χ3v) is 6.36. The minimum Gasteiger partial charge on any atom is -0.344 e. The lowest BCUT2D eigenvalue weighted by atomic mass is 9.86. The Morgan fingerprint density at radius 2 is 1.51 bits per heavy atom. The van der Waals surface area contributed by atoms with Crippen LogP contribution in [0.4, 0.5) is 0 Å². The Kier molecular flexibility index (Phi) is 7.50. The molecular weight excluding hydrogens is 430 g/mol. The first kappa shape index (κ1) is 24.5. The smallest absolute Gasteiger partial charge is 0.270 e. The highest BCUT2D eigenvalue weighted by atomic mass is 16.2. The molecule has 2 N–H and O–H groups in total. The second-order valence-corrected chi connectivity index (χ2v) is 10.1. The Labute approximate surface area is 208 Å². The van der Waals surface area contributed by atoms with Gasteiger partial charge in [-0.1, -0.05) is 125 Å². The molecule has 0 bridgehead atoms. The van der Waals surface area contributed by atoms with E-state index in [1.54, 1.807) is 0 Å². The van der Waals surface area contributed by atoms with E-state index in [0.29, 0.717) is 17.2 Å². The standard InChI is InChI=1S/C31H35N3O/c1-5-6-17-26(22-13-9-7-10-14-22)32-30(35)28-27(23-18-20-25(21-19-23)31(2,3)4)33-29(34-28)24-15-11-8-12-16-24/h7-16,18-21,26H,5-6,17H2,1-4H3,(H,32,35)(H,33,34). The number of hydrogen-bond acceptors (Lipinski definition) is 2. The van der Waals surface area contributed by atoms with Crippen molar-refractivity contribution in [2.45, 2.75) is 58.4 Å². The van der Waals surface area contributed by atoms with Gasteiger partial charge in [-0.05, 0) is 23.0 Å². The molecule has 1 unspecified atom stereocenters. The summed E-state index contributed by atoms with van der Waals surface area (Å²) in [4.78, 5) is 21.9. The van der Waals surface area contributed by atoms with Gasteiger partial charge in [-0.3, -0.25) is 4.79 Å². The summed E-state index contributed by atoms with van der Waals surface area (Å²) in [5, 5.41) is 3.28. The van der Waals surface area contributed by atoms with Gasteiger partial charge in [0.15, 0.2) is 0 Å². The molecule has 0 saturated heterocycles. The predicted molar refractivity (Wildman–Crippen MR) is 144 cm³/mol. The number of benzene rings is 3. The van der Waals surface area contributed by atoms with Gasteiger partial charge in [0, 0.05) is 11.1 Å². The van der Waals surface area contributed by atoms with Crippen LogP contribution in [-0.4, -0.2) is 15.9 Å². The van der Waals surface area contributed by atoms with Gasteiger partial charge in [0.2, 0.25) is 0 Å². The average molecular weight is 466 g/mol. The van der Waals surface area contributed by atoms with Gasteiger partial charge in [0.1, 0.15) is 17.2 Å². The Morgan fingerprint density at radius 3 is 2.11 bits per heavy atom. The minimum atomic E-state index is -0.139. The van der Waals surface area contributed by atoms with Crippen LogP contribution in [0.15, 0.2) is 84.9 Å². The van der Waals surface area contributed by atoms with Crippen molar-refractivity contribution in [2.75, 3.05) is 0 Å². The maximum atomic E-state index is 13.7. The highest BCUT2D eigenvalue weighted by molar-refractivity contribution is 5.99. The van der Waals surface area contributed by atoms with Gasteiger partial charge < -0.3 is 10.3 Å². The highest BCUT2D eigenvalue weighted by Crippen LogP contribution is 2.30. The fourth-order valence-corrected chi connectivity index (χ4v) is 4.25. The van der Waals surface area contributed by atoms with Crippen LogP contribution in [-0.2, 0) is 5.41 Å². The minimum absolute atomic E-state index is 0.0526. The molecule has 0 aliphatic heterocycles. The molecule has 4 nitrogen and oxygen atoms in total. The van der Waals surface area contributed by atoms with E-state index in [9.17, 15) is 4.79 Å². The lowest BCUT2D eigenvalue weighted by Crippen LogP contribution is -2.29. The van der Waals surface area contributed by atoms with E-state index in [4.69, 9.17) is 4.98 Å². The van der Waals surface area contributed by atoms with Gasteiger partial charge in [0.25, 0.3) is 5.91 Å². The number of carbonyl (C=O) groups is 1. The molecule has 0 aliphatic carbocycles. The third kappa shape index (κ3) is 5.89. The van der Waals surface area contributed by atoms with Crippen LogP contribution in [0.25, 0.3) is 22.6 Å². The maximum absolute atomic E-state index is 13.7. The van der Waals surface area contributed by atoms with Crippen molar-refractivity contribution in [1.82, 2.24) is 15.3 Å². The van der Waals surface area contributed by atoms with E-state index >= 15 is 0 Å². The molecule has 1 heterocycles. The first-order valence-corrected chi connectivity index (χ1v) is 12.5. The predicted octanol–water partition coefficient (Wildman–Crippen LogP) is 7.70. The number of hydrogen-bond donors (Lipinski definition) is 2. The molecule has 4 rings (SSSR count). The van der Waals surface area contributed by atoms with Crippen LogP contribution >= 0.6 is 0 Å². The SMILES string of the molecule is CCCCC(NC(=O)c1[nH]c(-c2ccccc2)nc1-c1ccc(C(C)(C)C)cc1)c1ccccc1. The second-order valence-electron chi connectivity index (χ2n) is 10.1. The number of nitrogens with one attached hydrogen (secondary N) is 2. The molecule has 0 radical (unpaired) electrons. The molecule has 4 aromatic rings. The van der Waals surface area contributed by atoms with Crippen LogP contribution in [0.3, 0.4) is 0 Å². The molecule has 1 aromatic heterocycles. The molecule has 4 heteroatoms. The van der Waals surface area contributed by atoms with Crippen molar-refractivity contribution in [3.05, 3.63) is 102 Å². The lowest BCUT2D eigenvalue weighted by Gasteiger charge is -2.20. The van der Waals surface area contributed by atoms with Crippen molar-refractivity contribution >= 4 is 5.91 Å². The number of aromatic nitrogens is 2. The Hall–Kier alpha value is -3.66. The van der Waals surface area contributed by atoms with Crippen molar-refractivity contribution in [1.29, 1.82) is 0 Å². The average Bonchev–Trinajstić information content (AvgIpc) is 3.33. The zero-order valence-electron chi connectivity index (χ0n) is 21.1. The van der Waals surface area contributed by atoms with E-state index < -0.39 is 0 Å². The number of unbranched alkanes of at least 4 members (excludes halogenated alkanes) is 1. The lowest BCUT2D eigenvalue weighted by molar-refractivity contribution is 0.0930. The van der Waals surface area contributed by atoms with Crippen LogP contribution in [0.5, 0.6) is 0 Å². The number of H-pyrrole nitrogens is 1. The fourth-order valence-electron chi connectivity index (χ4n) is 4.25. The highest BCUT2D eigenvalue weighted by Gasteiger charge is 2.23. The fraction of sp³-hybridized carbons (Fsp3) is 0.290. The number of amides is 1. The molecule has 1 amide bonds. The normalized spacial score (nSPS) is 12.3. The second kappa shape index (κ2) is 10.7. The van der Waals surface area contributed by atoms with E-state index in [2.05, 4.69) is 74.4 Å². The molecule has 0 fully saturated rings. The van der Waals surface area contributed by atoms with Crippen LogP contribution < -0.4 is 5.32 Å². The summed E-state index contributed by atoms with van der Waals surface area (Å²) in [5.74, 6) is 0.551. The molecule has 35 heavy (non-hydrogen) atoms. The van der Waals surface area contributed by atoms with Crippen molar-refractivity contribution < 1.29 is 4.79 Å². The topological polar surface area (TPSA) is 57.8 Å². The Bertz CT molecular complexity index is 1240. The molecule has 0 saturated carbocycles. The zero-order chi connectivity index (χ0) is 24.8. The maximum Gasteiger partial charge on any atom is 0.270 e. The molecule has 0 spiro atoms. The van der Waals surface area contributed by atoms with Gasteiger partial charge in [-0.15, -0.1) is 0 Å². The van der Waals surface area contributed by atoms with E-state index in [0.717, 1.165) is 36.0 Å². The quantitative estimate of drug-likeness (QED) is 0.280. The summed E-state index contributed by atoms with van der Waals surface area (Å²) in [6, 6.07) is 28.5. The van der Waals surface area contributed by atoms with Gasteiger partial charge >= 0.3 is 0 Å². The van der Waals surface area contributed by atoms with Crippen molar-refractivity contribution in [2.24, 2.45) is 0 Å². The summed E-state index contributed by atoms with van der Waals surface area (Å²) >= 11 is 0. The summed E-state index contributed by atoms with van der Waals surface area (Å²) in [6.45, 7) is 8.76. The number of nitrogens with zero attached hydrogens (tertiary/aromatic N) is 1. The van der Waals surface area contributed by atoms with Crippen LogP contribution in [0.2, 0.25) is 0 Å². The number of rotatable bonds is 8. The molecule has 180 valence electrons.